The second-order valence-corrected chi connectivity index (χ2v) is 7.19. The summed E-state index contributed by atoms with van der Waals surface area (Å²) in [6.45, 7) is 7.41. The number of urea groups is 1. The molecule has 0 bridgehead atoms. The molecule has 1 aliphatic carbocycles. The summed E-state index contributed by atoms with van der Waals surface area (Å²) in [6, 6.07) is -0.188. The van der Waals surface area contributed by atoms with E-state index in [9.17, 15) is 9.59 Å². The number of nitrogens with one attached hydrogen (secondary N) is 2. The molecule has 0 saturated heterocycles. The third-order valence-electron chi connectivity index (χ3n) is 4.75. The van der Waals surface area contributed by atoms with Gasteiger partial charge in [0.15, 0.2) is 0 Å². The molecule has 0 aliphatic heterocycles. The molecule has 3 N–H and O–H groups in total. The lowest BCUT2D eigenvalue weighted by atomic mass is 9.72. The van der Waals surface area contributed by atoms with Crippen LogP contribution in [0.25, 0.3) is 0 Å². The van der Waals surface area contributed by atoms with Crippen molar-refractivity contribution in [1.29, 1.82) is 0 Å². The lowest BCUT2D eigenvalue weighted by molar-refractivity contribution is -0.140. The quantitative estimate of drug-likeness (QED) is 0.675. The van der Waals surface area contributed by atoms with Crippen molar-refractivity contribution >= 4 is 12.0 Å². The molecular formula is C16H30N2O3. The third kappa shape index (κ3) is 6.36. The van der Waals surface area contributed by atoms with Gasteiger partial charge in [0.2, 0.25) is 0 Å². The number of carboxylic acid groups (broad SMARTS) is 1. The lowest BCUT2D eigenvalue weighted by Gasteiger charge is -2.36. The fraction of sp³-hybridized carbons (Fsp3) is 0.875. The van der Waals surface area contributed by atoms with Crippen LogP contribution < -0.4 is 10.6 Å². The Morgan fingerprint density at radius 2 is 1.76 bits per heavy atom. The number of carbonyl (C=O) groups is 2. The van der Waals surface area contributed by atoms with Crippen molar-refractivity contribution in [3.63, 3.8) is 0 Å². The van der Waals surface area contributed by atoms with Gasteiger partial charge in [0, 0.05) is 13.1 Å². The summed E-state index contributed by atoms with van der Waals surface area (Å²) in [5, 5.41) is 14.9. The van der Waals surface area contributed by atoms with E-state index in [-0.39, 0.29) is 23.3 Å². The fourth-order valence-corrected chi connectivity index (χ4v) is 2.81. The predicted molar refractivity (Wildman–Crippen MR) is 83.2 cm³/mol. The monoisotopic (exact) mass is 298 g/mol. The highest BCUT2D eigenvalue weighted by Gasteiger charge is 2.34. The molecule has 1 aliphatic rings. The van der Waals surface area contributed by atoms with Gasteiger partial charge in [0.25, 0.3) is 0 Å². The average Bonchev–Trinajstić information content (AvgIpc) is 2.43. The van der Waals surface area contributed by atoms with E-state index >= 15 is 0 Å². The minimum absolute atomic E-state index is 0.0843. The largest absolute Gasteiger partial charge is 0.481 e. The molecule has 0 heterocycles. The molecule has 1 fully saturated rings. The van der Waals surface area contributed by atoms with Crippen molar-refractivity contribution < 1.29 is 14.7 Å². The number of carboxylic acids is 1. The van der Waals surface area contributed by atoms with Crippen LogP contribution in [-0.2, 0) is 4.79 Å². The normalized spacial score (nSPS) is 18.0. The van der Waals surface area contributed by atoms with Gasteiger partial charge in [-0.3, -0.25) is 4.79 Å². The predicted octanol–water partition coefficient (Wildman–Crippen LogP) is 3.15. The molecule has 5 nitrogen and oxygen atoms in total. The summed E-state index contributed by atoms with van der Waals surface area (Å²) in [5.74, 6) is -0.772. The van der Waals surface area contributed by atoms with Crippen LogP contribution in [0.1, 0.15) is 65.7 Å². The molecule has 21 heavy (non-hydrogen) atoms. The van der Waals surface area contributed by atoms with E-state index in [0.29, 0.717) is 13.1 Å². The van der Waals surface area contributed by atoms with Crippen LogP contribution in [-0.4, -0.2) is 30.2 Å². The first-order valence-corrected chi connectivity index (χ1v) is 8.02. The zero-order valence-electron chi connectivity index (χ0n) is 13.6. The molecule has 0 spiro atoms. The standard InChI is InChI=1S/C16H30N2O3/c1-4-15(2,3)11-17-14(21)18-12-16(10-13(19)20)8-6-5-7-9-16/h4-12H2,1-3H3,(H,19,20)(H2,17,18,21). The molecular weight excluding hydrogens is 268 g/mol. The summed E-state index contributed by atoms with van der Waals surface area (Å²) in [6.07, 6.45) is 6.20. The minimum Gasteiger partial charge on any atom is -0.481 e. The van der Waals surface area contributed by atoms with E-state index in [1.807, 2.05) is 0 Å². The molecule has 5 heteroatoms. The van der Waals surface area contributed by atoms with Crippen LogP contribution in [0.3, 0.4) is 0 Å². The topological polar surface area (TPSA) is 78.4 Å². The molecule has 0 unspecified atom stereocenters. The van der Waals surface area contributed by atoms with Crippen LogP contribution >= 0.6 is 0 Å². The number of amides is 2. The Kier molecular flexibility index (Phi) is 6.49. The maximum atomic E-state index is 11.9. The van der Waals surface area contributed by atoms with Gasteiger partial charge in [-0.2, -0.15) is 0 Å². The molecule has 0 radical (unpaired) electrons. The number of rotatable bonds is 7. The van der Waals surface area contributed by atoms with Crippen molar-refractivity contribution in [3.05, 3.63) is 0 Å². The molecule has 0 atom stereocenters. The number of hydrogen-bond donors (Lipinski definition) is 3. The van der Waals surface area contributed by atoms with Crippen molar-refractivity contribution in [2.24, 2.45) is 10.8 Å². The highest BCUT2D eigenvalue weighted by atomic mass is 16.4. The zero-order chi connectivity index (χ0) is 15.9. The Balaban J connectivity index is 2.45. The summed E-state index contributed by atoms with van der Waals surface area (Å²) in [7, 11) is 0. The number of carbonyl (C=O) groups excluding carboxylic acids is 1. The number of aliphatic carboxylic acids is 1. The smallest absolute Gasteiger partial charge is 0.314 e. The molecule has 0 aromatic carbocycles. The summed E-state index contributed by atoms with van der Waals surface area (Å²) in [4.78, 5) is 23.0. The summed E-state index contributed by atoms with van der Waals surface area (Å²) < 4.78 is 0. The van der Waals surface area contributed by atoms with Crippen molar-refractivity contribution in [1.82, 2.24) is 10.6 Å². The average molecular weight is 298 g/mol. The Morgan fingerprint density at radius 1 is 1.14 bits per heavy atom. The van der Waals surface area contributed by atoms with Gasteiger partial charge in [-0.1, -0.05) is 40.0 Å². The second-order valence-electron chi connectivity index (χ2n) is 7.19. The Hall–Kier alpha value is -1.26. The van der Waals surface area contributed by atoms with Gasteiger partial charge in [0.05, 0.1) is 6.42 Å². The van der Waals surface area contributed by atoms with Crippen LogP contribution in [0, 0.1) is 10.8 Å². The van der Waals surface area contributed by atoms with E-state index < -0.39 is 5.97 Å². The van der Waals surface area contributed by atoms with Gasteiger partial charge in [-0.15, -0.1) is 0 Å². The molecule has 122 valence electrons. The van der Waals surface area contributed by atoms with Gasteiger partial charge in [-0.05, 0) is 30.1 Å². The fourth-order valence-electron chi connectivity index (χ4n) is 2.81. The van der Waals surface area contributed by atoms with E-state index in [4.69, 9.17) is 5.11 Å². The maximum Gasteiger partial charge on any atom is 0.314 e. The molecule has 0 aromatic heterocycles. The zero-order valence-corrected chi connectivity index (χ0v) is 13.6. The first kappa shape index (κ1) is 17.8. The van der Waals surface area contributed by atoms with Crippen LogP contribution in [0.15, 0.2) is 0 Å². The lowest BCUT2D eigenvalue weighted by Crippen LogP contribution is -2.46. The second kappa shape index (κ2) is 7.66. The molecule has 1 rings (SSSR count). The maximum absolute atomic E-state index is 11.9. The van der Waals surface area contributed by atoms with Gasteiger partial charge in [0.1, 0.15) is 0 Å². The van der Waals surface area contributed by atoms with E-state index in [2.05, 4.69) is 31.4 Å². The summed E-state index contributed by atoms with van der Waals surface area (Å²) >= 11 is 0. The Labute approximate surface area is 127 Å². The van der Waals surface area contributed by atoms with Gasteiger partial charge < -0.3 is 15.7 Å². The number of hydrogen-bond acceptors (Lipinski definition) is 2. The van der Waals surface area contributed by atoms with Crippen molar-refractivity contribution in [2.75, 3.05) is 13.1 Å². The highest BCUT2D eigenvalue weighted by Crippen LogP contribution is 2.38. The van der Waals surface area contributed by atoms with Crippen molar-refractivity contribution in [2.45, 2.75) is 65.7 Å². The first-order valence-electron chi connectivity index (χ1n) is 8.02. The molecule has 1 saturated carbocycles. The Morgan fingerprint density at radius 3 is 2.29 bits per heavy atom. The van der Waals surface area contributed by atoms with E-state index in [0.717, 1.165) is 38.5 Å². The first-order chi connectivity index (χ1) is 9.79. The van der Waals surface area contributed by atoms with Gasteiger partial charge >= 0.3 is 12.0 Å². The van der Waals surface area contributed by atoms with Gasteiger partial charge in [-0.25, -0.2) is 4.79 Å². The van der Waals surface area contributed by atoms with Crippen molar-refractivity contribution in [3.8, 4) is 0 Å². The van der Waals surface area contributed by atoms with Crippen LogP contribution in [0.4, 0.5) is 4.79 Å². The highest BCUT2D eigenvalue weighted by molar-refractivity contribution is 5.74. The third-order valence-corrected chi connectivity index (χ3v) is 4.75. The van der Waals surface area contributed by atoms with E-state index in [1.54, 1.807) is 0 Å². The molecule has 0 aromatic rings. The summed E-state index contributed by atoms with van der Waals surface area (Å²) in [5.41, 5.74) is -0.178. The molecule has 2 amide bonds. The SMILES string of the molecule is CCC(C)(C)CNC(=O)NCC1(CC(=O)O)CCCCC1. The minimum atomic E-state index is -0.772. The van der Waals surface area contributed by atoms with E-state index in [1.165, 1.54) is 0 Å². The Bertz CT molecular complexity index is 361. The van der Waals surface area contributed by atoms with Crippen LogP contribution in [0.5, 0.6) is 0 Å². The van der Waals surface area contributed by atoms with Crippen LogP contribution in [0.2, 0.25) is 0 Å².